The maximum absolute atomic E-state index is 13.2. The zero-order valence-corrected chi connectivity index (χ0v) is 17.6. The molecule has 0 aliphatic heterocycles. The maximum atomic E-state index is 13.2. The van der Waals surface area contributed by atoms with Crippen molar-refractivity contribution in [1.29, 1.82) is 0 Å². The number of carbonyl (C=O) groups is 1. The first kappa shape index (κ1) is 20.5. The van der Waals surface area contributed by atoms with Crippen LogP contribution in [0.25, 0.3) is 0 Å². The van der Waals surface area contributed by atoms with Gasteiger partial charge in [-0.05, 0) is 57.0 Å². The molecule has 2 aromatic carbocycles. The molecule has 1 amide bonds. The number of rotatable bonds is 7. The van der Waals surface area contributed by atoms with Crippen molar-refractivity contribution in [3.05, 3.63) is 83.2 Å². The van der Waals surface area contributed by atoms with Gasteiger partial charge in [0.15, 0.2) is 0 Å². The molecule has 150 valence electrons. The standard InChI is InChI=1S/C24H28N4O/c1-5-27(17-20-12-8-7-9-13-20)23(29)22-16-19(4)25-24(26-22)28(6-2)21-14-10-11-18(3)15-21/h7-16H,5-6,17H2,1-4H3. The topological polar surface area (TPSA) is 49.3 Å². The van der Waals surface area contributed by atoms with Crippen LogP contribution in [0.4, 0.5) is 11.6 Å². The molecule has 3 aromatic rings. The molecule has 0 radical (unpaired) electrons. The Morgan fingerprint density at radius 3 is 2.31 bits per heavy atom. The molecule has 0 aliphatic rings. The van der Waals surface area contributed by atoms with Crippen LogP contribution in [0.5, 0.6) is 0 Å². The monoisotopic (exact) mass is 388 g/mol. The van der Waals surface area contributed by atoms with E-state index >= 15 is 0 Å². The highest BCUT2D eigenvalue weighted by atomic mass is 16.2. The fourth-order valence-electron chi connectivity index (χ4n) is 3.31. The summed E-state index contributed by atoms with van der Waals surface area (Å²) in [5, 5.41) is 0. The molecule has 0 saturated heterocycles. The summed E-state index contributed by atoms with van der Waals surface area (Å²) in [5.41, 5.74) is 4.50. The Kier molecular flexibility index (Phi) is 6.60. The van der Waals surface area contributed by atoms with Gasteiger partial charge in [-0.3, -0.25) is 4.79 Å². The molecule has 0 aliphatic carbocycles. The molecule has 0 atom stereocenters. The van der Waals surface area contributed by atoms with Gasteiger partial charge < -0.3 is 9.80 Å². The first-order chi connectivity index (χ1) is 14.0. The van der Waals surface area contributed by atoms with Crippen molar-refractivity contribution in [3.8, 4) is 0 Å². The third-order valence-electron chi connectivity index (χ3n) is 4.82. The van der Waals surface area contributed by atoms with Crippen molar-refractivity contribution >= 4 is 17.5 Å². The average Bonchev–Trinajstić information content (AvgIpc) is 2.72. The molecule has 0 N–H and O–H groups in total. The van der Waals surface area contributed by atoms with Gasteiger partial charge in [-0.15, -0.1) is 0 Å². The molecule has 1 heterocycles. The molecule has 0 bridgehead atoms. The van der Waals surface area contributed by atoms with E-state index in [1.807, 2.05) is 66.1 Å². The van der Waals surface area contributed by atoms with Crippen LogP contribution < -0.4 is 4.90 Å². The summed E-state index contributed by atoms with van der Waals surface area (Å²) in [7, 11) is 0. The first-order valence-electron chi connectivity index (χ1n) is 10.0. The van der Waals surface area contributed by atoms with Crippen LogP contribution in [0.15, 0.2) is 60.7 Å². The Bertz CT molecular complexity index is 972. The first-order valence-corrected chi connectivity index (χ1v) is 10.0. The molecule has 3 rings (SSSR count). The third kappa shape index (κ3) is 4.99. The van der Waals surface area contributed by atoms with E-state index in [2.05, 4.69) is 35.9 Å². The van der Waals surface area contributed by atoms with E-state index in [4.69, 9.17) is 0 Å². The highest BCUT2D eigenvalue weighted by Crippen LogP contribution is 2.23. The van der Waals surface area contributed by atoms with E-state index in [1.54, 1.807) is 6.07 Å². The highest BCUT2D eigenvalue weighted by Gasteiger charge is 2.20. The SMILES string of the molecule is CCN(Cc1ccccc1)C(=O)c1cc(C)nc(N(CC)c2cccc(C)c2)n1. The fraction of sp³-hybridized carbons (Fsp3) is 0.292. The van der Waals surface area contributed by atoms with Gasteiger partial charge in [0.25, 0.3) is 5.91 Å². The molecule has 5 heteroatoms. The zero-order valence-electron chi connectivity index (χ0n) is 17.6. The molecule has 0 unspecified atom stereocenters. The van der Waals surface area contributed by atoms with Crippen molar-refractivity contribution in [1.82, 2.24) is 14.9 Å². The van der Waals surface area contributed by atoms with Crippen LogP contribution >= 0.6 is 0 Å². The molecule has 0 fully saturated rings. The maximum Gasteiger partial charge on any atom is 0.272 e. The minimum atomic E-state index is -0.0802. The summed E-state index contributed by atoms with van der Waals surface area (Å²) in [5.74, 6) is 0.473. The molecule has 5 nitrogen and oxygen atoms in total. The van der Waals surface area contributed by atoms with Crippen LogP contribution in [0.3, 0.4) is 0 Å². The average molecular weight is 389 g/mol. The second-order valence-electron chi connectivity index (χ2n) is 7.08. The number of carbonyl (C=O) groups excluding carboxylic acids is 1. The second kappa shape index (κ2) is 9.32. The lowest BCUT2D eigenvalue weighted by Crippen LogP contribution is -2.31. The molecule has 29 heavy (non-hydrogen) atoms. The fourth-order valence-corrected chi connectivity index (χ4v) is 3.31. The van der Waals surface area contributed by atoms with E-state index < -0.39 is 0 Å². The van der Waals surface area contributed by atoms with E-state index in [-0.39, 0.29) is 5.91 Å². The Morgan fingerprint density at radius 2 is 1.66 bits per heavy atom. The summed E-state index contributed by atoms with van der Waals surface area (Å²) >= 11 is 0. The third-order valence-corrected chi connectivity index (χ3v) is 4.82. The van der Waals surface area contributed by atoms with Gasteiger partial charge >= 0.3 is 0 Å². The van der Waals surface area contributed by atoms with Crippen LogP contribution in [0.1, 0.15) is 41.2 Å². The lowest BCUT2D eigenvalue weighted by atomic mass is 10.2. The van der Waals surface area contributed by atoms with E-state index in [1.165, 1.54) is 5.56 Å². The number of aromatic nitrogens is 2. The number of hydrogen-bond acceptors (Lipinski definition) is 4. The Labute approximate surface area is 173 Å². The minimum absolute atomic E-state index is 0.0802. The van der Waals surface area contributed by atoms with E-state index in [9.17, 15) is 4.79 Å². The summed E-state index contributed by atoms with van der Waals surface area (Å²) < 4.78 is 0. The van der Waals surface area contributed by atoms with Crippen molar-refractivity contribution < 1.29 is 4.79 Å². The minimum Gasteiger partial charge on any atom is -0.333 e. The molecule has 1 aromatic heterocycles. The molecule has 0 saturated carbocycles. The van der Waals surface area contributed by atoms with Crippen molar-refractivity contribution in [2.45, 2.75) is 34.2 Å². The molecular formula is C24H28N4O. The van der Waals surface area contributed by atoms with Crippen LogP contribution in [0.2, 0.25) is 0 Å². The van der Waals surface area contributed by atoms with Gasteiger partial charge in [-0.1, -0.05) is 42.5 Å². The number of aryl methyl sites for hydroxylation is 2. The molecule has 0 spiro atoms. The summed E-state index contributed by atoms with van der Waals surface area (Å²) in [6.45, 7) is 9.89. The van der Waals surface area contributed by atoms with Gasteiger partial charge in [-0.2, -0.15) is 0 Å². The van der Waals surface area contributed by atoms with Gasteiger partial charge in [0.1, 0.15) is 5.69 Å². The zero-order chi connectivity index (χ0) is 20.8. The lowest BCUT2D eigenvalue weighted by Gasteiger charge is -2.24. The smallest absolute Gasteiger partial charge is 0.272 e. The predicted octanol–water partition coefficient (Wildman–Crippen LogP) is 4.91. The van der Waals surface area contributed by atoms with Gasteiger partial charge in [0, 0.05) is 31.0 Å². The van der Waals surface area contributed by atoms with E-state index in [0.717, 1.165) is 16.9 Å². The summed E-state index contributed by atoms with van der Waals surface area (Å²) in [6.07, 6.45) is 0. The Balaban J connectivity index is 1.91. The van der Waals surface area contributed by atoms with Crippen LogP contribution in [-0.2, 0) is 6.54 Å². The van der Waals surface area contributed by atoms with Gasteiger partial charge in [0.2, 0.25) is 5.95 Å². The molecular weight excluding hydrogens is 360 g/mol. The highest BCUT2D eigenvalue weighted by molar-refractivity contribution is 5.92. The number of amides is 1. The number of hydrogen-bond donors (Lipinski definition) is 0. The Hall–Kier alpha value is -3.21. The van der Waals surface area contributed by atoms with Gasteiger partial charge in [-0.25, -0.2) is 9.97 Å². The van der Waals surface area contributed by atoms with Gasteiger partial charge in [0.05, 0.1) is 0 Å². The number of benzene rings is 2. The second-order valence-corrected chi connectivity index (χ2v) is 7.08. The Morgan fingerprint density at radius 1 is 0.897 bits per heavy atom. The lowest BCUT2D eigenvalue weighted by molar-refractivity contribution is 0.0746. The van der Waals surface area contributed by atoms with Crippen LogP contribution in [0, 0.1) is 13.8 Å². The quantitative estimate of drug-likeness (QED) is 0.577. The van der Waals surface area contributed by atoms with E-state index in [0.29, 0.717) is 31.3 Å². The van der Waals surface area contributed by atoms with Crippen molar-refractivity contribution in [2.24, 2.45) is 0 Å². The number of anilines is 2. The number of nitrogens with zero attached hydrogens (tertiary/aromatic N) is 4. The predicted molar refractivity (Wildman–Crippen MR) is 117 cm³/mol. The largest absolute Gasteiger partial charge is 0.333 e. The summed E-state index contributed by atoms with van der Waals surface area (Å²) in [4.78, 5) is 26.3. The van der Waals surface area contributed by atoms with Crippen LogP contribution in [-0.4, -0.2) is 33.9 Å². The summed E-state index contributed by atoms with van der Waals surface area (Å²) in [6, 6.07) is 20.0. The normalized spacial score (nSPS) is 10.6. The van der Waals surface area contributed by atoms with Crippen molar-refractivity contribution in [3.63, 3.8) is 0 Å². The van der Waals surface area contributed by atoms with Crippen molar-refractivity contribution in [2.75, 3.05) is 18.0 Å².